The molecule has 5 nitrogen and oxygen atoms in total. The second-order valence-corrected chi connectivity index (χ2v) is 8.47. The number of aryl methyl sites for hydroxylation is 2. The quantitative estimate of drug-likeness (QED) is 0.838. The van der Waals surface area contributed by atoms with Gasteiger partial charge in [0.2, 0.25) is 5.91 Å². The van der Waals surface area contributed by atoms with Crippen molar-refractivity contribution in [1.82, 2.24) is 14.9 Å². The van der Waals surface area contributed by atoms with Crippen LogP contribution in [0.25, 0.3) is 0 Å². The predicted octanol–water partition coefficient (Wildman–Crippen LogP) is 4.03. The van der Waals surface area contributed by atoms with Crippen LogP contribution in [0.15, 0.2) is 16.0 Å². The van der Waals surface area contributed by atoms with E-state index < -0.39 is 0 Å². The van der Waals surface area contributed by atoms with Gasteiger partial charge in [-0.25, -0.2) is 9.97 Å². The largest absolute Gasteiger partial charge is 0.445 e. The van der Waals surface area contributed by atoms with Gasteiger partial charge in [-0.15, -0.1) is 11.3 Å². The number of carbonyl (C=O) groups excluding carboxylic acids is 1. The number of carbonyl (C=O) groups is 1. The van der Waals surface area contributed by atoms with Gasteiger partial charge in [-0.2, -0.15) is 0 Å². The van der Waals surface area contributed by atoms with Crippen LogP contribution in [-0.2, 0) is 16.6 Å². The van der Waals surface area contributed by atoms with E-state index in [1.807, 2.05) is 11.8 Å². The molecule has 0 bridgehead atoms. The van der Waals surface area contributed by atoms with Crippen LogP contribution >= 0.6 is 11.3 Å². The molecule has 24 heavy (non-hydrogen) atoms. The van der Waals surface area contributed by atoms with Gasteiger partial charge in [-0.1, -0.05) is 20.8 Å². The highest BCUT2D eigenvalue weighted by atomic mass is 32.1. The summed E-state index contributed by atoms with van der Waals surface area (Å²) in [6, 6.07) is 0.136. The normalized spacial score (nSPS) is 18.3. The maximum Gasteiger partial charge on any atom is 0.223 e. The summed E-state index contributed by atoms with van der Waals surface area (Å²) in [5.74, 6) is 1.68. The third kappa shape index (κ3) is 3.69. The van der Waals surface area contributed by atoms with Crippen LogP contribution in [0.1, 0.15) is 68.4 Å². The summed E-state index contributed by atoms with van der Waals surface area (Å²) in [7, 11) is 0. The molecule has 130 valence electrons. The van der Waals surface area contributed by atoms with Crippen LogP contribution in [0.2, 0.25) is 0 Å². The second-order valence-electron chi connectivity index (χ2n) is 7.40. The number of aromatic nitrogens is 2. The van der Waals surface area contributed by atoms with E-state index in [0.29, 0.717) is 18.7 Å². The Hall–Kier alpha value is -1.69. The molecule has 0 saturated carbocycles. The molecule has 0 aromatic carbocycles. The molecule has 2 aromatic rings. The summed E-state index contributed by atoms with van der Waals surface area (Å²) in [6.07, 6.45) is 4.80. The van der Waals surface area contributed by atoms with Crippen molar-refractivity contribution in [2.45, 2.75) is 64.8 Å². The molecule has 1 fully saturated rings. The van der Waals surface area contributed by atoms with Crippen molar-refractivity contribution >= 4 is 17.2 Å². The molecule has 3 rings (SSSR count). The topological polar surface area (TPSA) is 59.2 Å². The summed E-state index contributed by atoms with van der Waals surface area (Å²) in [5, 5.41) is 3.13. The summed E-state index contributed by atoms with van der Waals surface area (Å²) in [4.78, 5) is 23.5. The number of hydrogen-bond acceptors (Lipinski definition) is 5. The van der Waals surface area contributed by atoms with E-state index in [4.69, 9.17) is 4.42 Å². The van der Waals surface area contributed by atoms with Gasteiger partial charge in [0.25, 0.3) is 0 Å². The van der Waals surface area contributed by atoms with E-state index in [0.717, 1.165) is 35.8 Å². The zero-order chi connectivity index (χ0) is 17.3. The van der Waals surface area contributed by atoms with Gasteiger partial charge in [-0.05, 0) is 19.8 Å². The molecular weight excluding hydrogens is 322 g/mol. The van der Waals surface area contributed by atoms with Crippen LogP contribution in [0.5, 0.6) is 0 Å². The first kappa shape index (κ1) is 17.1. The standard InChI is InChI=1S/C18H25N3O2S/c1-12-20-13(11-24-12)14-6-5-9-21(14)17(22)8-7-16-19-10-15(23-16)18(2,3)4/h10-11,14H,5-9H2,1-4H3/t14-/m1/s1. The van der Waals surface area contributed by atoms with E-state index >= 15 is 0 Å². The average Bonchev–Trinajstić information content (AvgIpc) is 3.23. The Morgan fingerprint density at radius 1 is 1.46 bits per heavy atom. The molecule has 0 radical (unpaired) electrons. The maximum absolute atomic E-state index is 12.6. The summed E-state index contributed by atoms with van der Waals surface area (Å²) >= 11 is 1.65. The fourth-order valence-electron chi connectivity index (χ4n) is 3.04. The van der Waals surface area contributed by atoms with Gasteiger partial charge in [-0.3, -0.25) is 4.79 Å². The van der Waals surface area contributed by atoms with Crippen LogP contribution in [0.3, 0.4) is 0 Å². The fraction of sp³-hybridized carbons (Fsp3) is 0.611. The number of hydrogen-bond donors (Lipinski definition) is 0. The number of rotatable bonds is 4. The lowest BCUT2D eigenvalue weighted by Crippen LogP contribution is -2.30. The van der Waals surface area contributed by atoms with Gasteiger partial charge in [0.15, 0.2) is 5.89 Å². The predicted molar refractivity (Wildman–Crippen MR) is 94.1 cm³/mol. The third-order valence-electron chi connectivity index (χ3n) is 4.40. The molecule has 6 heteroatoms. The Bertz CT molecular complexity index is 714. The Balaban J connectivity index is 1.61. The minimum absolute atomic E-state index is 0.0578. The monoisotopic (exact) mass is 347 g/mol. The van der Waals surface area contributed by atoms with E-state index in [1.165, 1.54) is 0 Å². The lowest BCUT2D eigenvalue weighted by molar-refractivity contribution is -0.132. The summed E-state index contributed by atoms with van der Waals surface area (Å²) < 4.78 is 5.78. The number of nitrogens with zero attached hydrogens (tertiary/aromatic N) is 3. The second kappa shape index (κ2) is 6.67. The van der Waals surface area contributed by atoms with Gasteiger partial charge in [0.05, 0.1) is 22.9 Å². The molecule has 3 heterocycles. The summed E-state index contributed by atoms with van der Waals surface area (Å²) in [6.45, 7) is 9.09. The van der Waals surface area contributed by atoms with Crippen molar-refractivity contribution in [1.29, 1.82) is 0 Å². The SMILES string of the molecule is Cc1nc([C@H]2CCCN2C(=O)CCc2ncc(C(C)(C)C)o2)cs1. The van der Waals surface area contributed by atoms with Gasteiger partial charge >= 0.3 is 0 Å². The van der Waals surface area contributed by atoms with Crippen molar-refractivity contribution in [3.63, 3.8) is 0 Å². The Kier molecular flexibility index (Phi) is 4.76. The lowest BCUT2D eigenvalue weighted by Gasteiger charge is -2.23. The number of oxazole rings is 1. The van der Waals surface area contributed by atoms with Crippen molar-refractivity contribution in [2.24, 2.45) is 0 Å². The molecule has 1 saturated heterocycles. The van der Waals surface area contributed by atoms with E-state index in [1.54, 1.807) is 17.5 Å². The van der Waals surface area contributed by atoms with Crippen molar-refractivity contribution in [2.75, 3.05) is 6.54 Å². The molecule has 0 N–H and O–H groups in total. The molecule has 1 amide bonds. The molecular formula is C18H25N3O2S. The smallest absolute Gasteiger partial charge is 0.223 e. The summed E-state index contributed by atoms with van der Waals surface area (Å²) in [5.41, 5.74) is 0.979. The van der Waals surface area contributed by atoms with Crippen LogP contribution < -0.4 is 0 Å². The highest BCUT2D eigenvalue weighted by Gasteiger charge is 2.31. The zero-order valence-corrected chi connectivity index (χ0v) is 15.7. The highest BCUT2D eigenvalue weighted by molar-refractivity contribution is 7.09. The van der Waals surface area contributed by atoms with E-state index in [9.17, 15) is 4.79 Å². The Morgan fingerprint density at radius 2 is 2.25 bits per heavy atom. The van der Waals surface area contributed by atoms with Gasteiger partial charge in [0.1, 0.15) is 5.76 Å². The fourth-order valence-corrected chi connectivity index (χ4v) is 3.70. The van der Waals surface area contributed by atoms with Crippen molar-refractivity contribution < 1.29 is 9.21 Å². The molecule has 0 unspecified atom stereocenters. The number of thiazole rings is 1. The average molecular weight is 347 g/mol. The first-order valence-corrected chi connectivity index (χ1v) is 9.39. The Labute approximate surface area is 147 Å². The molecule has 1 aliphatic heterocycles. The molecule has 0 aliphatic carbocycles. The van der Waals surface area contributed by atoms with Crippen molar-refractivity contribution in [3.8, 4) is 0 Å². The lowest BCUT2D eigenvalue weighted by atomic mass is 9.94. The van der Waals surface area contributed by atoms with E-state index in [-0.39, 0.29) is 17.4 Å². The first-order chi connectivity index (χ1) is 11.3. The molecule has 1 atom stereocenters. The molecule has 1 aliphatic rings. The van der Waals surface area contributed by atoms with Gasteiger partial charge in [0, 0.05) is 30.2 Å². The van der Waals surface area contributed by atoms with Crippen LogP contribution in [0, 0.1) is 6.92 Å². The first-order valence-electron chi connectivity index (χ1n) is 8.51. The molecule has 0 spiro atoms. The van der Waals surface area contributed by atoms with Crippen molar-refractivity contribution in [3.05, 3.63) is 33.9 Å². The highest BCUT2D eigenvalue weighted by Crippen LogP contribution is 2.33. The van der Waals surface area contributed by atoms with Crippen LogP contribution in [0.4, 0.5) is 0 Å². The maximum atomic E-state index is 12.6. The minimum Gasteiger partial charge on any atom is -0.445 e. The Morgan fingerprint density at radius 3 is 2.88 bits per heavy atom. The van der Waals surface area contributed by atoms with Crippen LogP contribution in [-0.4, -0.2) is 27.3 Å². The number of likely N-dealkylation sites (tertiary alicyclic amines) is 1. The van der Waals surface area contributed by atoms with Gasteiger partial charge < -0.3 is 9.32 Å². The van der Waals surface area contributed by atoms with E-state index in [2.05, 4.69) is 36.1 Å². The molecule has 2 aromatic heterocycles. The zero-order valence-electron chi connectivity index (χ0n) is 14.8. The number of amides is 1. The minimum atomic E-state index is -0.0578. The third-order valence-corrected chi connectivity index (χ3v) is 5.19.